The van der Waals surface area contributed by atoms with Crippen LogP contribution in [0.2, 0.25) is 0 Å². The Morgan fingerprint density at radius 3 is 2.48 bits per heavy atom. The van der Waals surface area contributed by atoms with Crippen molar-refractivity contribution < 1.29 is 18.7 Å². The maximum absolute atomic E-state index is 13.0. The Labute approximate surface area is 160 Å². The Kier molecular flexibility index (Phi) is 5.71. The molecule has 1 unspecified atom stereocenters. The van der Waals surface area contributed by atoms with Crippen LogP contribution >= 0.6 is 11.3 Å². The van der Waals surface area contributed by atoms with Crippen LogP contribution in [0.5, 0.6) is 11.5 Å². The molecule has 3 aromatic rings. The molecule has 1 amide bonds. The van der Waals surface area contributed by atoms with Gasteiger partial charge in [-0.1, -0.05) is 6.07 Å². The molecule has 0 fully saturated rings. The smallest absolute Gasteiger partial charge is 0.271 e. The van der Waals surface area contributed by atoms with Gasteiger partial charge in [-0.3, -0.25) is 4.79 Å². The zero-order chi connectivity index (χ0) is 19.4. The van der Waals surface area contributed by atoms with E-state index in [2.05, 4.69) is 10.3 Å². The van der Waals surface area contributed by atoms with E-state index in [9.17, 15) is 9.18 Å². The summed E-state index contributed by atoms with van der Waals surface area (Å²) in [6.45, 7) is 1.88. The van der Waals surface area contributed by atoms with Gasteiger partial charge in [0.15, 0.2) is 11.5 Å². The molecule has 1 N–H and O–H groups in total. The Bertz CT molecular complexity index is 941. The number of halogens is 1. The second-order valence-corrected chi connectivity index (χ2v) is 6.71. The second kappa shape index (κ2) is 8.18. The fourth-order valence-corrected chi connectivity index (χ4v) is 3.39. The van der Waals surface area contributed by atoms with Crippen LogP contribution in [0.25, 0.3) is 10.6 Å². The van der Waals surface area contributed by atoms with E-state index in [4.69, 9.17) is 9.47 Å². The van der Waals surface area contributed by atoms with Gasteiger partial charge in [0.2, 0.25) is 0 Å². The van der Waals surface area contributed by atoms with Crippen LogP contribution < -0.4 is 14.8 Å². The largest absolute Gasteiger partial charge is 0.493 e. The molecule has 0 aliphatic heterocycles. The van der Waals surface area contributed by atoms with E-state index in [1.807, 2.05) is 19.1 Å². The van der Waals surface area contributed by atoms with Crippen molar-refractivity contribution in [1.29, 1.82) is 0 Å². The third kappa shape index (κ3) is 4.25. The highest BCUT2D eigenvalue weighted by Crippen LogP contribution is 2.30. The van der Waals surface area contributed by atoms with Crippen LogP contribution in [0.3, 0.4) is 0 Å². The number of thiazole rings is 1. The normalized spacial score (nSPS) is 11.7. The number of amides is 1. The summed E-state index contributed by atoms with van der Waals surface area (Å²) < 4.78 is 23.6. The number of rotatable bonds is 6. The summed E-state index contributed by atoms with van der Waals surface area (Å²) >= 11 is 1.34. The molecule has 0 aliphatic rings. The van der Waals surface area contributed by atoms with Crippen LogP contribution in [0.1, 0.15) is 29.0 Å². The average molecular weight is 386 g/mol. The van der Waals surface area contributed by atoms with Gasteiger partial charge in [-0.2, -0.15) is 0 Å². The zero-order valence-electron chi connectivity index (χ0n) is 15.2. The summed E-state index contributed by atoms with van der Waals surface area (Å²) in [6, 6.07) is 11.3. The first-order chi connectivity index (χ1) is 13.0. The monoisotopic (exact) mass is 386 g/mol. The minimum atomic E-state index is -0.308. The molecule has 140 valence electrons. The first kappa shape index (κ1) is 18.8. The molecule has 7 heteroatoms. The molecule has 0 aliphatic carbocycles. The maximum Gasteiger partial charge on any atom is 0.271 e. The van der Waals surface area contributed by atoms with Gasteiger partial charge in [0.25, 0.3) is 5.91 Å². The van der Waals surface area contributed by atoms with Gasteiger partial charge in [-0.15, -0.1) is 11.3 Å². The van der Waals surface area contributed by atoms with Gasteiger partial charge < -0.3 is 14.8 Å². The van der Waals surface area contributed by atoms with E-state index in [0.717, 1.165) is 11.1 Å². The van der Waals surface area contributed by atoms with E-state index in [1.165, 1.54) is 23.5 Å². The summed E-state index contributed by atoms with van der Waals surface area (Å²) in [5.74, 6) is 0.644. The number of aromatic nitrogens is 1. The lowest BCUT2D eigenvalue weighted by atomic mass is 10.1. The Balaban J connectivity index is 1.73. The predicted molar refractivity (Wildman–Crippen MR) is 103 cm³/mol. The number of nitrogens with zero attached hydrogens (tertiary/aromatic N) is 1. The van der Waals surface area contributed by atoms with Crippen molar-refractivity contribution in [2.75, 3.05) is 14.2 Å². The minimum Gasteiger partial charge on any atom is -0.493 e. The summed E-state index contributed by atoms with van der Waals surface area (Å²) in [5, 5.41) is 5.28. The number of carbonyl (C=O) groups excluding carboxylic acids is 1. The molecule has 27 heavy (non-hydrogen) atoms. The van der Waals surface area contributed by atoms with Crippen LogP contribution in [0, 0.1) is 5.82 Å². The number of hydrogen-bond acceptors (Lipinski definition) is 5. The number of carbonyl (C=O) groups is 1. The van der Waals surface area contributed by atoms with Crippen molar-refractivity contribution in [3.63, 3.8) is 0 Å². The lowest BCUT2D eigenvalue weighted by Crippen LogP contribution is -2.26. The molecule has 5 nitrogen and oxygen atoms in total. The summed E-state index contributed by atoms with van der Waals surface area (Å²) in [7, 11) is 3.14. The number of benzene rings is 2. The fourth-order valence-electron chi connectivity index (χ4n) is 2.58. The van der Waals surface area contributed by atoms with Crippen molar-refractivity contribution in [3.05, 3.63) is 64.9 Å². The number of methoxy groups -OCH3 is 2. The van der Waals surface area contributed by atoms with Gasteiger partial charge in [0.05, 0.1) is 20.3 Å². The Morgan fingerprint density at radius 1 is 1.11 bits per heavy atom. The minimum absolute atomic E-state index is 0.242. The van der Waals surface area contributed by atoms with Crippen molar-refractivity contribution in [2.24, 2.45) is 0 Å². The van der Waals surface area contributed by atoms with Crippen LogP contribution in [0.15, 0.2) is 47.8 Å². The Morgan fingerprint density at radius 2 is 1.81 bits per heavy atom. The first-order valence-corrected chi connectivity index (χ1v) is 9.14. The van der Waals surface area contributed by atoms with Crippen LogP contribution in [-0.2, 0) is 0 Å². The molecule has 0 saturated carbocycles. The highest BCUT2D eigenvalue weighted by atomic mass is 32.1. The lowest BCUT2D eigenvalue weighted by Gasteiger charge is -2.16. The van der Waals surface area contributed by atoms with Gasteiger partial charge in [0, 0.05) is 10.9 Å². The van der Waals surface area contributed by atoms with E-state index in [0.29, 0.717) is 22.2 Å². The van der Waals surface area contributed by atoms with Crippen molar-refractivity contribution in [3.8, 4) is 22.1 Å². The standard InChI is InChI=1S/C20H19FN2O3S/c1-12(14-6-9-17(25-2)18(10-14)26-3)22-19(24)16-11-27-20(23-16)13-4-7-15(21)8-5-13/h4-12H,1-3H3,(H,22,24). The first-order valence-electron chi connectivity index (χ1n) is 8.26. The summed E-state index contributed by atoms with van der Waals surface area (Å²) in [5.41, 5.74) is 1.98. The third-order valence-electron chi connectivity index (χ3n) is 4.08. The molecule has 1 heterocycles. The van der Waals surface area contributed by atoms with Gasteiger partial charge in [-0.05, 0) is 48.9 Å². The number of hydrogen-bond donors (Lipinski definition) is 1. The topological polar surface area (TPSA) is 60.5 Å². The quantitative estimate of drug-likeness (QED) is 0.680. The lowest BCUT2D eigenvalue weighted by molar-refractivity contribution is 0.0935. The molecule has 0 bridgehead atoms. The Hall–Kier alpha value is -2.93. The zero-order valence-corrected chi connectivity index (χ0v) is 16.0. The molecule has 1 atom stereocenters. The highest BCUT2D eigenvalue weighted by molar-refractivity contribution is 7.13. The second-order valence-electron chi connectivity index (χ2n) is 5.85. The fraction of sp³-hybridized carbons (Fsp3) is 0.200. The van der Waals surface area contributed by atoms with E-state index in [1.54, 1.807) is 37.8 Å². The van der Waals surface area contributed by atoms with Gasteiger partial charge in [-0.25, -0.2) is 9.37 Å². The van der Waals surface area contributed by atoms with E-state index < -0.39 is 0 Å². The van der Waals surface area contributed by atoms with Crippen molar-refractivity contribution in [1.82, 2.24) is 10.3 Å². The van der Waals surface area contributed by atoms with Crippen molar-refractivity contribution >= 4 is 17.2 Å². The highest BCUT2D eigenvalue weighted by Gasteiger charge is 2.16. The molecule has 0 spiro atoms. The molecular weight excluding hydrogens is 367 g/mol. The predicted octanol–water partition coefficient (Wildman–Crippen LogP) is 4.46. The van der Waals surface area contributed by atoms with E-state index >= 15 is 0 Å². The summed E-state index contributed by atoms with van der Waals surface area (Å²) in [6.07, 6.45) is 0. The van der Waals surface area contributed by atoms with Gasteiger partial charge in [0.1, 0.15) is 16.5 Å². The molecule has 2 aromatic carbocycles. The van der Waals surface area contributed by atoms with Crippen LogP contribution in [-0.4, -0.2) is 25.1 Å². The van der Waals surface area contributed by atoms with Gasteiger partial charge >= 0.3 is 0 Å². The van der Waals surface area contributed by atoms with Crippen LogP contribution in [0.4, 0.5) is 4.39 Å². The average Bonchev–Trinajstić information content (AvgIpc) is 3.18. The molecule has 1 aromatic heterocycles. The molecule has 3 rings (SSSR count). The van der Waals surface area contributed by atoms with Crippen molar-refractivity contribution in [2.45, 2.75) is 13.0 Å². The molecule has 0 saturated heterocycles. The maximum atomic E-state index is 13.0. The number of nitrogens with one attached hydrogen (secondary N) is 1. The molecular formula is C20H19FN2O3S. The summed E-state index contributed by atoms with van der Waals surface area (Å²) in [4.78, 5) is 16.9. The third-order valence-corrected chi connectivity index (χ3v) is 4.97. The SMILES string of the molecule is COc1ccc(C(C)NC(=O)c2csc(-c3ccc(F)cc3)n2)cc1OC. The van der Waals surface area contributed by atoms with E-state index in [-0.39, 0.29) is 17.8 Å². The number of ether oxygens (including phenoxy) is 2. The molecule has 0 radical (unpaired) electrons.